The Balaban J connectivity index is 1.72. The number of halogens is 1. The van der Waals surface area contributed by atoms with Crippen molar-refractivity contribution in [3.05, 3.63) is 59.0 Å². The lowest BCUT2D eigenvalue weighted by molar-refractivity contribution is -0.0937. The summed E-state index contributed by atoms with van der Waals surface area (Å²) in [6.45, 7) is 3.21. The van der Waals surface area contributed by atoms with Crippen LogP contribution in [0.25, 0.3) is 16.6 Å². The average Bonchev–Trinajstić information content (AvgIpc) is 3.15. The Morgan fingerprint density at radius 3 is 2.33 bits per heavy atom. The van der Waals surface area contributed by atoms with Crippen molar-refractivity contribution < 1.29 is 24.4 Å². The minimum absolute atomic E-state index is 0.0886. The first-order valence-corrected chi connectivity index (χ1v) is 12.0. The number of aryl methyl sites for hydroxylation is 1. The summed E-state index contributed by atoms with van der Waals surface area (Å²) in [7, 11) is 0. The summed E-state index contributed by atoms with van der Waals surface area (Å²) >= 11 is 0. The molecule has 1 saturated heterocycles. The summed E-state index contributed by atoms with van der Waals surface area (Å²) in [6, 6.07) is 10.8. The second kappa shape index (κ2) is 9.09. The molecule has 2 aliphatic rings. The number of hydrogen-bond acceptors (Lipinski definition) is 4. The number of aromatic nitrogens is 1. The minimum atomic E-state index is -1.27. The molecule has 5 rings (SSSR count). The van der Waals surface area contributed by atoms with Crippen LogP contribution in [0.3, 0.4) is 0 Å². The number of fused-ring (bicyclic) bond motifs is 1. The molecule has 0 bridgehead atoms. The first kappa shape index (κ1) is 22.4. The maximum absolute atomic E-state index is 14.1. The quantitative estimate of drug-likeness (QED) is 0.471. The van der Waals surface area contributed by atoms with Crippen molar-refractivity contribution in [3.63, 3.8) is 0 Å². The van der Waals surface area contributed by atoms with Crippen molar-refractivity contribution in [1.29, 1.82) is 0 Å². The molecule has 0 spiro atoms. The van der Waals surface area contributed by atoms with E-state index in [0.717, 1.165) is 55.1 Å². The molecule has 1 saturated carbocycles. The predicted molar refractivity (Wildman–Crippen MR) is 125 cm³/mol. The van der Waals surface area contributed by atoms with Crippen LogP contribution < -0.4 is 0 Å². The molecule has 1 aromatic heterocycles. The summed E-state index contributed by atoms with van der Waals surface area (Å²) in [5.74, 6) is 0.491. The molecular formula is C27H32FNO4. The van der Waals surface area contributed by atoms with Crippen molar-refractivity contribution >= 4 is 10.9 Å². The van der Waals surface area contributed by atoms with Crippen molar-refractivity contribution in [2.75, 3.05) is 13.2 Å². The van der Waals surface area contributed by atoms with Crippen LogP contribution in [0.2, 0.25) is 0 Å². The molecule has 176 valence electrons. The Morgan fingerprint density at radius 1 is 0.939 bits per heavy atom. The summed E-state index contributed by atoms with van der Waals surface area (Å²) in [4.78, 5) is 0. The van der Waals surface area contributed by atoms with Gasteiger partial charge in [0.25, 0.3) is 0 Å². The number of benzene rings is 2. The molecule has 3 N–H and O–H groups in total. The zero-order chi connectivity index (χ0) is 23.1. The Bertz CT molecular complexity index is 1140. The second-order valence-corrected chi connectivity index (χ2v) is 9.68. The highest BCUT2D eigenvalue weighted by Crippen LogP contribution is 2.47. The second-order valence-electron chi connectivity index (χ2n) is 9.68. The van der Waals surface area contributed by atoms with E-state index in [1.807, 2.05) is 24.3 Å². The van der Waals surface area contributed by atoms with E-state index in [0.29, 0.717) is 24.7 Å². The van der Waals surface area contributed by atoms with E-state index in [2.05, 4.69) is 4.57 Å². The van der Waals surface area contributed by atoms with Crippen molar-refractivity contribution in [3.8, 4) is 11.4 Å². The normalized spacial score (nSPS) is 22.3. The van der Waals surface area contributed by atoms with Crippen LogP contribution in [-0.4, -0.2) is 39.4 Å². The van der Waals surface area contributed by atoms with E-state index in [1.165, 1.54) is 17.3 Å². The Labute approximate surface area is 193 Å². The number of phenols is 1. The molecule has 2 heterocycles. The van der Waals surface area contributed by atoms with Gasteiger partial charge in [-0.25, -0.2) is 4.39 Å². The summed E-state index contributed by atoms with van der Waals surface area (Å²) < 4.78 is 22.1. The summed E-state index contributed by atoms with van der Waals surface area (Å²) in [5, 5.41) is 30.8. The molecule has 1 aliphatic heterocycles. The third-order valence-corrected chi connectivity index (χ3v) is 7.64. The van der Waals surface area contributed by atoms with E-state index in [1.54, 1.807) is 13.0 Å². The lowest BCUT2D eigenvalue weighted by atomic mass is 9.76. The first-order chi connectivity index (χ1) is 15.9. The smallest absolute Gasteiger partial charge is 0.154 e. The van der Waals surface area contributed by atoms with Crippen LogP contribution >= 0.6 is 0 Å². The van der Waals surface area contributed by atoms with Gasteiger partial charge in [0, 0.05) is 41.8 Å². The summed E-state index contributed by atoms with van der Waals surface area (Å²) in [5.41, 5.74) is 5.03. The van der Waals surface area contributed by atoms with Crippen LogP contribution in [0.15, 0.2) is 36.4 Å². The van der Waals surface area contributed by atoms with Gasteiger partial charge in [-0.15, -0.1) is 0 Å². The maximum atomic E-state index is 14.1. The SMILES string of the molecule is Cc1cc(-n2c(C3CCOCC3)c([C@H]3CC[C@@H](C(O)O)CC3)c3cc(O)ccc32)ccc1F. The monoisotopic (exact) mass is 453 g/mol. The molecule has 0 unspecified atom stereocenters. The number of aromatic hydroxyl groups is 1. The lowest BCUT2D eigenvalue weighted by Gasteiger charge is -2.32. The van der Waals surface area contributed by atoms with E-state index in [-0.39, 0.29) is 23.4 Å². The van der Waals surface area contributed by atoms with Crippen molar-refractivity contribution in [2.24, 2.45) is 5.92 Å². The van der Waals surface area contributed by atoms with Gasteiger partial charge in [-0.05, 0) is 98.9 Å². The van der Waals surface area contributed by atoms with E-state index >= 15 is 0 Å². The van der Waals surface area contributed by atoms with Gasteiger partial charge in [-0.1, -0.05) is 0 Å². The van der Waals surface area contributed by atoms with Crippen molar-refractivity contribution in [1.82, 2.24) is 4.57 Å². The maximum Gasteiger partial charge on any atom is 0.154 e. The standard InChI is InChI=1S/C27H32FNO4/c1-16-14-20(6-8-23(16)28)29-24-9-7-21(30)15-22(24)25(26(29)18-10-12-33-13-11-18)17-2-4-19(5-3-17)27(31)32/h6-9,14-15,17-19,27,30-32H,2-5,10-13H2,1H3/t17-,19+. The fraction of sp³-hybridized carbons (Fsp3) is 0.481. The molecule has 5 nitrogen and oxygen atoms in total. The van der Waals surface area contributed by atoms with Gasteiger partial charge in [-0.3, -0.25) is 0 Å². The summed E-state index contributed by atoms with van der Waals surface area (Å²) in [6.07, 6.45) is 3.83. The molecule has 2 fully saturated rings. The first-order valence-electron chi connectivity index (χ1n) is 12.0. The van der Waals surface area contributed by atoms with Crippen molar-refractivity contribution in [2.45, 2.75) is 63.6 Å². The molecule has 0 radical (unpaired) electrons. The lowest BCUT2D eigenvalue weighted by Crippen LogP contribution is -2.25. The molecular weight excluding hydrogens is 421 g/mol. The number of aliphatic hydroxyl groups is 2. The highest BCUT2D eigenvalue weighted by atomic mass is 19.1. The molecule has 6 heteroatoms. The van der Waals surface area contributed by atoms with Gasteiger partial charge < -0.3 is 24.6 Å². The van der Waals surface area contributed by atoms with Gasteiger partial charge >= 0.3 is 0 Å². The molecule has 2 aromatic carbocycles. The van der Waals surface area contributed by atoms with Gasteiger partial charge in [0.05, 0.1) is 5.52 Å². The number of phenolic OH excluding ortho intramolecular Hbond substituents is 1. The van der Waals surface area contributed by atoms with Crippen LogP contribution in [0.4, 0.5) is 4.39 Å². The zero-order valence-electron chi connectivity index (χ0n) is 19.0. The third-order valence-electron chi connectivity index (χ3n) is 7.64. The molecule has 1 aliphatic carbocycles. The number of ether oxygens (including phenoxy) is 1. The fourth-order valence-electron chi connectivity index (χ4n) is 5.88. The fourth-order valence-corrected chi connectivity index (χ4v) is 5.88. The molecule has 0 amide bonds. The van der Waals surface area contributed by atoms with Gasteiger partial charge in [0.2, 0.25) is 0 Å². The van der Waals surface area contributed by atoms with Gasteiger partial charge in [-0.2, -0.15) is 0 Å². The number of aliphatic hydroxyl groups excluding tert-OH is 1. The Morgan fingerprint density at radius 2 is 1.67 bits per heavy atom. The van der Waals surface area contributed by atoms with Crippen LogP contribution in [0.1, 0.15) is 67.2 Å². The predicted octanol–water partition coefficient (Wildman–Crippen LogP) is 5.26. The number of rotatable bonds is 4. The zero-order valence-corrected chi connectivity index (χ0v) is 19.0. The molecule has 3 aromatic rings. The van der Waals surface area contributed by atoms with E-state index < -0.39 is 6.29 Å². The van der Waals surface area contributed by atoms with Crippen LogP contribution in [0, 0.1) is 18.7 Å². The van der Waals surface area contributed by atoms with Crippen LogP contribution in [0.5, 0.6) is 5.75 Å². The van der Waals surface area contributed by atoms with Gasteiger partial charge in [0.15, 0.2) is 6.29 Å². The molecule has 0 atom stereocenters. The number of hydrogen-bond donors (Lipinski definition) is 3. The van der Waals surface area contributed by atoms with Gasteiger partial charge in [0.1, 0.15) is 11.6 Å². The highest BCUT2D eigenvalue weighted by molar-refractivity contribution is 5.89. The molecule has 33 heavy (non-hydrogen) atoms. The van der Waals surface area contributed by atoms with Crippen LogP contribution in [-0.2, 0) is 4.74 Å². The topological polar surface area (TPSA) is 74.9 Å². The largest absolute Gasteiger partial charge is 0.508 e. The van der Waals surface area contributed by atoms with E-state index in [4.69, 9.17) is 4.74 Å². The highest BCUT2D eigenvalue weighted by Gasteiger charge is 2.34. The van der Waals surface area contributed by atoms with E-state index in [9.17, 15) is 19.7 Å². The average molecular weight is 454 g/mol. The minimum Gasteiger partial charge on any atom is -0.508 e. The Kier molecular flexibility index (Phi) is 6.16. The Hall–Kier alpha value is -2.41. The third kappa shape index (κ3) is 4.16. The number of nitrogens with zero attached hydrogens (tertiary/aromatic N) is 1.